The van der Waals surface area contributed by atoms with Crippen molar-refractivity contribution < 1.29 is 9.53 Å². The molecular weight excluding hydrogens is 378 g/mol. The summed E-state index contributed by atoms with van der Waals surface area (Å²) in [4.78, 5) is 12.5. The highest BCUT2D eigenvalue weighted by atomic mass is 16.5. The third kappa shape index (κ3) is 5.35. The fraction of sp³-hybridized carbons (Fsp3) is 0.174. The summed E-state index contributed by atoms with van der Waals surface area (Å²) in [5.74, 6) is 10.2. The summed E-state index contributed by atoms with van der Waals surface area (Å²) in [5.41, 5.74) is 5.42. The number of hydrogen-bond donors (Lipinski definition) is 2. The van der Waals surface area contributed by atoms with Gasteiger partial charge in [-0.3, -0.25) is 0 Å². The van der Waals surface area contributed by atoms with Crippen LogP contribution in [0.2, 0.25) is 0 Å². The lowest BCUT2D eigenvalue weighted by atomic mass is 10.0. The number of nitrogens with zero attached hydrogens (tertiary/aromatic N) is 3. The summed E-state index contributed by atoms with van der Waals surface area (Å²) < 4.78 is 7.25. The Bertz CT molecular complexity index is 1070. The highest BCUT2D eigenvalue weighted by Gasteiger charge is 2.16. The van der Waals surface area contributed by atoms with Gasteiger partial charge in [-0.05, 0) is 53.3 Å². The molecule has 0 radical (unpaired) electrons. The second-order valence-corrected chi connectivity index (χ2v) is 6.81. The molecule has 0 saturated heterocycles. The third-order valence-electron chi connectivity index (χ3n) is 4.57. The van der Waals surface area contributed by atoms with E-state index in [0.29, 0.717) is 25.1 Å². The van der Waals surface area contributed by atoms with Crippen molar-refractivity contribution in [1.82, 2.24) is 4.57 Å². The molecule has 0 saturated carbocycles. The lowest BCUT2D eigenvalue weighted by molar-refractivity contribution is 0.0525. The van der Waals surface area contributed by atoms with Crippen molar-refractivity contribution in [3.05, 3.63) is 94.3 Å². The number of rotatable bonds is 8. The Morgan fingerprint density at radius 1 is 1.00 bits per heavy atom. The Morgan fingerprint density at radius 2 is 1.63 bits per heavy atom. The predicted molar refractivity (Wildman–Crippen MR) is 119 cm³/mol. The van der Waals surface area contributed by atoms with Crippen molar-refractivity contribution in [1.29, 1.82) is 0 Å². The van der Waals surface area contributed by atoms with Crippen molar-refractivity contribution >= 4 is 18.4 Å². The number of ether oxygens (including phenoxy) is 1. The molecule has 0 aliphatic rings. The molecule has 3 rings (SSSR count). The van der Waals surface area contributed by atoms with E-state index in [2.05, 4.69) is 10.2 Å². The first kappa shape index (κ1) is 20.9. The smallest absolute Gasteiger partial charge is 0.339 e. The molecular formula is C23H25N5O2. The molecule has 0 amide bonds. The van der Waals surface area contributed by atoms with Crippen molar-refractivity contribution in [2.24, 2.45) is 21.9 Å². The fourth-order valence-electron chi connectivity index (χ4n) is 3.34. The van der Waals surface area contributed by atoms with Crippen molar-refractivity contribution in [2.45, 2.75) is 19.9 Å². The highest BCUT2D eigenvalue weighted by Crippen LogP contribution is 2.19. The van der Waals surface area contributed by atoms with Crippen LogP contribution in [-0.2, 0) is 17.7 Å². The summed E-state index contributed by atoms with van der Waals surface area (Å²) in [7, 11) is 0. The van der Waals surface area contributed by atoms with E-state index in [1.807, 2.05) is 65.5 Å². The monoisotopic (exact) mass is 403 g/mol. The summed E-state index contributed by atoms with van der Waals surface area (Å²) in [6, 6.07) is 15.8. The number of benzene rings is 2. The van der Waals surface area contributed by atoms with Crippen molar-refractivity contribution in [3.8, 4) is 0 Å². The van der Waals surface area contributed by atoms with Crippen LogP contribution in [0.3, 0.4) is 0 Å². The van der Waals surface area contributed by atoms with Gasteiger partial charge in [-0.15, -0.1) is 0 Å². The van der Waals surface area contributed by atoms with E-state index >= 15 is 0 Å². The molecule has 1 heterocycles. The Morgan fingerprint density at radius 3 is 2.27 bits per heavy atom. The molecule has 4 N–H and O–H groups in total. The van der Waals surface area contributed by atoms with E-state index in [-0.39, 0.29) is 5.97 Å². The van der Waals surface area contributed by atoms with Gasteiger partial charge in [0, 0.05) is 18.9 Å². The summed E-state index contributed by atoms with van der Waals surface area (Å²) in [5, 5.41) is 7.15. The van der Waals surface area contributed by atoms with E-state index in [1.54, 1.807) is 19.4 Å². The molecule has 3 aromatic rings. The fourth-order valence-corrected chi connectivity index (χ4v) is 3.34. The summed E-state index contributed by atoms with van der Waals surface area (Å²) in [6.07, 6.45) is 7.61. The van der Waals surface area contributed by atoms with Gasteiger partial charge < -0.3 is 21.0 Å². The second kappa shape index (κ2) is 10.1. The number of carbonyl (C=O) groups excluding carboxylic acids is 1. The van der Waals surface area contributed by atoms with Gasteiger partial charge in [0.05, 0.1) is 24.6 Å². The van der Waals surface area contributed by atoms with E-state index in [4.69, 9.17) is 16.4 Å². The van der Waals surface area contributed by atoms with Gasteiger partial charge in [0.2, 0.25) is 0 Å². The van der Waals surface area contributed by atoms with Crippen LogP contribution in [0.15, 0.2) is 71.1 Å². The Hall–Kier alpha value is -3.87. The second-order valence-electron chi connectivity index (χ2n) is 6.81. The van der Waals surface area contributed by atoms with Crippen LogP contribution in [0.25, 0.3) is 0 Å². The van der Waals surface area contributed by atoms with E-state index in [0.717, 1.165) is 27.8 Å². The summed E-state index contributed by atoms with van der Waals surface area (Å²) in [6.45, 7) is 2.74. The SMILES string of the molecule is CCOC(=O)c1cn(Cc2cccc(/C=N\N)c2)cc1Cc1cccc(/C=N\N)c1. The zero-order valence-corrected chi connectivity index (χ0v) is 16.9. The average molecular weight is 403 g/mol. The molecule has 2 aromatic carbocycles. The van der Waals surface area contributed by atoms with Gasteiger partial charge >= 0.3 is 5.97 Å². The lowest BCUT2D eigenvalue weighted by Crippen LogP contribution is -2.06. The zero-order chi connectivity index (χ0) is 21.3. The molecule has 0 aliphatic carbocycles. The van der Waals surface area contributed by atoms with Gasteiger partial charge in [-0.25, -0.2) is 4.79 Å². The zero-order valence-electron chi connectivity index (χ0n) is 16.9. The molecule has 1 aromatic heterocycles. The van der Waals surface area contributed by atoms with Crippen LogP contribution in [-0.4, -0.2) is 29.6 Å². The molecule has 7 heteroatoms. The molecule has 154 valence electrons. The minimum atomic E-state index is -0.324. The minimum absolute atomic E-state index is 0.324. The van der Waals surface area contributed by atoms with Crippen LogP contribution in [0, 0.1) is 0 Å². The lowest BCUT2D eigenvalue weighted by Gasteiger charge is -2.05. The molecule has 7 nitrogen and oxygen atoms in total. The maximum Gasteiger partial charge on any atom is 0.339 e. The molecule has 0 fully saturated rings. The Kier molecular flexibility index (Phi) is 7.00. The summed E-state index contributed by atoms with van der Waals surface area (Å²) >= 11 is 0. The first-order chi connectivity index (χ1) is 14.6. The van der Waals surface area contributed by atoms with E-state index in [1.165, 1.54) is 0 Å². The molecule has 0 bridgehead atoms. The number of aromatic nitrogens is 1. The first-order valence-corrected chi connectivity index (χ1v) is 9.63. The minimum Gasteiger partial charge on any atom is -0.462 e. The third-order valence-corrected chi connectivity index (χ3v) is 4.57. The predicted octanol–water partition coefficient (Wildman–Crippen LogP) is 2.89. The maximum atomic E-state index is 12.5. The van der Waals surface area contributed by atoms with Crippen molar-refractivity contribution in [3.63, 3.8) is 0 Å². The number of nitrogens with two attached hydrogens (primary N) is 2. The quantitative estimate of drug-likeness (QED) is 0.261. The molecule has 0 unspecified atom stereocenters. The number of hydrogen-bond acceptors (Lipinski definition) is 6. The number of carbonyl (C=O) groups is 1. The van der Waals surface area contributed by atoms with Crippen LogP contribution >= 0.6 is 0 Å². The Balaban J connectivity index is 1.90. The maximum absolute atomic E-state index is 12.5. The largest absolute Gasteiger partial charge is 0.462 e. The topological polar surface area (TPSA) is 108 Å². The van der Waals surface area contributed by atoms with E-state index < -0.39 is 0 Å². The van der Waals surface area contributed by atoms with Gasteiger partial charge in [0.1, 0.15) is 0 Å². The average Bonchev–Trinajstić information content (AvgIpc) is 3.11. The first-order valence-electron chi connectivity index (χ1n) is 9.63. The van der Waals surface area contributed by atoms with Gasteiger partial charge in [-0.2, -0.15) is 10.2 Å². The standard InChI is InChI=1S/C23H25N5O2/c1-2-30-23(29)22-16-28(14-20-8-4-7-19(10-20)13-27-25)15-21(22)11-17-5-3-6-18(9-17)12-26-24/h3-10,12-13,15-16H,2,11,14,24-25H2,1H3/b26-12-,27-13-. The number of hydrazone groups is 2. The van der Waals surface area contributed by atoms with Crippen molar-refractivity contribution in [2.75, 3.05) is 6.61 Å². The van der Waals surface area contributed by atoms with Crippen LogP contribution < -0.4 is 11.7 Å². The molecule has 0 atom stereocenters. The molecule has 0 aliphatic heterocycles. The number of esters is 1. The van der Waals surface area contributed by atoms with Gasteiger partial charge in [0.15, 0.2) is 0 Å². The van der Waals surface area contributed by atoms with Gasteiger partial charge in [0.25, 0.3) is 0 Å². The molecule has 0 spiro atoms. The van der Waals surface area contributed by atoms with E-state index in [9.17, 15) is 4.79 Å². The highest BCUT2D eigenvalue weighted by molar-refractivity contribution is 5.91. The van der Waals surface area contributed by atoms with Crippen LogP contribution in [0.4, 0.5) is 0 Å². The van der Waals surface area contributed by atoms with Gasteiger partial charge in [-0.1, -0.05) is 36.4 Å². The normalized spacial score (nSPS) is 11.4. The van der Waals surface area contributed by atoms with Crippen LogP contribution in [0.5, 0.6) is 0 Å². The van der Waals surface area contributed by atoms with Crippen LogP contribution in [0.1, 0.15) is 45.1 Å². The molecule has 30 heavy (non-hydrogen) atoms. The Labute approximate surface area is 175 Å².